The minimum absolute atomic E-state index is 0.638. The minimum Gasteiger partial charge on any atom is -0.437 e. The van der Waals surface area contributed by atoms with Crippen molar-refractivity contribution >= 4 is 33.2 Å². The van der Waals surface area contributed by atoms with E-state index in [0.29, 0.717) is 11.4 Å². The van der Waals surface area contributed by atoms with Gasteiger partial charge in [-0.2, -0.15) is 0 Å². The number of furan rings is 1. The zero-order valence-electron chi connectivity index (χ0n) is 19.0. The van der Waals surface area contributed by atoms with Crippen LogP contribution >= 0.6 is 0 Å². The van der Waals surface area contributed by atoms with Crippen LogP contribution in [0, 0.1) is 6.92 Å². The van der Waals surface area contributed by atoms with E-state index in [9.17, 15) is 0 Å². The summed E-state index contributed by atoms with van der Waals surface area (Å²) in [6.07, 6.45) is 0. The van der Waals surface area contributed by atoms with Crippen LogP contribution in [0.4, 0.5) is 0 Å². The summed E-state index contributed by atoms with van der Waals surface area (Å²) in [5.74, 6) is 0.783. The molecule has 0 atom stereocenters. The maximum atomic E-state index is 6.31. The lowest BCUT2D eigenvalue weighted by Gasteiger charge is -2.09. The summed E-state index contributed by atoms with van der Waals surface area (Å²) in [5.41, 5.74) is 7.83. The van der Waals surface area contributed by atoms with Gasteiger partial charge < -0.3 is 4.42 Å². The first-order chi connectivity index (χ1) is 17.3. The van der Waals surface area contributed by atoms with Crippen molar-refractivity contribution in [1.29, 1.82) is 0 Å². The van der Waals surface area contributed by atoms with E-state index in [0.717, 1.165) is 55.9 Å². The fourth-order valence-electron chi connectivity index (χ4n) is 4.70. The molecule has 166 valence electrons. The second kappa shape index (κ2) is 7.64. The largest absolute Gasteiger partial charge is 0.437 e. The number of para-hydroxylation sites is 2. The molecule has 5 heteroatoms. The van der Waals surface area contributed by atoms with Crippen molar-refractivity contribution in [2.45, 2.75) is 6.92 Å². The maximum Gasteiger partial charge on any atom is 0.227 e. The molecule has 7 rings (SSSR count). The molecule has 0 aliphatic heterocycles. The summed E-state index contributed by atoms with van der Waals surface area (Å²) in [7, 11) is 0. The molecule has 0 saturated carbocycles. The topological polar surface area (TPSA) is 56.7 Å². The summed E-state index contributed by atoms with van der Waals surface area (Å²) in [6.45, 7) is 1.97. The number of aryl methyl sites for hydroxylation is 1. The first-order valence-corrected chi connectivity index (χ1v) is 11.6. The molecule has 0 aliphatic carbocycles. The lowest BCUT2D eigenvalue weighted by atomic mass is 10.1. The van der Waals surface area contributed by atoms with Crippen molar-refractivity contribution in [1.82, 2.24) is 19.5 Å². The number of fused-ring (bicyclic) bond motifs is 4. The Balaban J connectivity index is 1.54. The highest BCUT2D eigenvalue weighted by atomic mass is 16.3. The highest BCUT2D eigenvalue weighted by Gasteiger charge is 2.21. The fourth-order valence-corrected chi connectivity index (χ4v) is 4.70. The molecule has 4 aromatic heterocycles. The third-order valence-corrected chi connectivity index (χ3v) is 6.35. The summed E-state index contributed by atoms with van der Waals surface area (Å²) in [5, 5.41) is 2.02. The molecule has 0 fully saturated rings. The molecule has 0 unspecified atom stereocenters. The van der Waals surface area contributed by atoms with Gasteiger partial charge in [-0.25, -0.2) is 15.0 Å². The van der Waals surface area contributed by atoms with E-state index >= 15 is 0 Å². The Morgan fingerprint density at radius 2 is 1.46 bits per heavy atom. The summed E-state index contributed by atoms with van der Waals surface area (Å²) in [6, 6.07) is 34.8. The predicted molar refractivity (Wildman–Crippen MR) is 140 cm³/mol. The van der Waals surface area contributed by atoms with E-state index in [1.54, 1.807) is 0 Å². The molecular formula is C30H20N4O. The van der Waals surface area contributed by atoms with Crippen LogP contribution in [-0.4, -0.2) is 19.5 Å². The number of hydrogen-bond acceptors (Lipinski definition) is 4. The van der Waals surface area contributed by atoms with E-state index in [2.05, 4.69) is 64.1 Å². The first kappa shape index (κ1) is 19.7. The lowest BCUT2D eigenvalue weighted by molar-refractivity contribution is 0.653. The third-order valence-electron chi connectivity index (χ3n) is 6.35. The molecule has 5 nitrogen and oxygen atoms in total. The van der Waals surface area contributed by atoms with Gasteiger partial charge in [0.25, 0.3) is 0 Å². The summed E-state index contributed by atoms with van der Waals surface area (Å²) < 4.78 is 8.46. The van der Waals surface area contributed by atoms with Crippen LogP contribution in [0.1, 0.15) is 5.69 Å². The van der Waals surface area contributed by atoms with E-state index in [1.807, 2.05) is 55.5 Å². The van der Waals surface area contributed by atoms with E-state index in [4.69, 9.17) is 14.4 Å². The average Bonchev–Trinajstić information content (AvgIpc) is 3.47. The number of aromatic nitrogens is 4. The van der Waals surface area contributed by atoms with Gasteiger partial charge in [0.15, 0.2) is 11.5 Å². The van der Waals surface area contributed by atoms with Crippen molar-refractivity contribution in [2.24, 2.45) is 0 Å². The van der Waals surface area contributed by atoms with Crippen LogP contribution in [0.3, 0.4) is 0 Å². The molecule has 0 N–H and O–H groups in total. The smallest absolute Gasteiger partial charge is 0.227 e. The predicted octanol–water partition coefficient (Wildman–Crippen LogP) is 7.36. The molecule has 0 saturated heterocycles. The Labute approximate surface area is 201 Å². The molecule has 0 radical (unpaired) electrons. The third kappa shape index (κ3) is 3.13. The molecule has 35 heavy (non-hydrogen) atoms. The van der Waals surface area contributed by atoms with Crippen LogP contribution in [0.2, 0.25) is 0 Å². The van der Waals surface area contributed by atoms with Gasteiger partial charge in [0.05, 0.1) is 16.8 Å². The van der Waals surface area contributed by atoms with Crippen LogP contribution in [0.15, 0.2) is 108 Å². The van der Waals surface area contributed by atoms with Crippen LogP contribution < -0.4 is 0 Å². The van der Waals surface area contributed by atoms with Crippen molar-refractivity contribution in [3.05, 3.63) is 109 Å². The van der Waals surface area contributed by atoms with Crippen LogP contribution in [-0.2, 0) is 0 Å². The second-order valence-corrected chi connectivity index (χ2v) is 8.60. The average molecular weight is 453 g/mol. The molecule has 0 amide bonds. The molecule has 4 heterocycles. The van der Waals surface area contributed by atoms with Gasteiger partial charge in [-0.05, 0) is 49.4 Å². The van der Waals surface area contributed by atoms with Crippen molar-refractivity contribution in [3.63, 3.8) is 0 Å². The highest BCUT2D eigenvalue weighted by molar-refractivity contribution is 6.08. The van der Waals surface area contributed by atoms with E-state index in [1.165, 1.54) is 0 Å². The van der Waals surface area contributed by atoms with Gasteiger partial charge >= 0.3 is 0 Å². The minimum atomic E-state index is 0.638. The molecule has 0 aliphatic rings. The first-order valence-electron chi connectivity index (χ1n) is 11.6. The standard InChI is InChI=1S/C30H20N4O/c1-19-15-16-23-22-13-8-14-24(27(22)35-30(23)31-19)29-33-28-26(34(29)21-11-6-3-7-12-21)18-17-25(32-28)20-9-4-2-5-10-20/h2-18H,1H3. The van der Waals surface area contributed by atoms with Gasteiger partial charge in [0.2, 0.25) is 5.71 Å². The molecular weight excluding hydrogens is 432 g/mol. The number of imidazole rings is 1. The zero-order chi connectivity index (χ0) is 23.4. The maximum absolute atomic E-state index is 6.31. The van der Waals surface area contributed by atoms with Gasteiger partial charge in [-0.15, -0.1) is 0 Å². The van der Waals surface area contributed by atoms with Crippen LogP contribution in [0.25, 0.3) is 61.6 Å². The van der Waals surface area contributed by atoms with Crippen molar-refractivity contribution in [3.8, 4) is 28.3 Å². The molecule has 3 aromatic carbocycles. The monoisotopic (exact) mass is 452 g/mol. The van der Waals surface area contributed by atoms with Gasteiger partial charge in [0, 0.05) is 27.7 Å². The van der Waals surface area contributed by atoms with Gasteiger partial charge in [-0.3, -0.25) is 4.57 Å². The van der Waals surface area contributed by atoms with Crippen LogP contribution in [0.5, 0.6) is 0 Å². The fraction of sp³-hybridized carbons (Fsp3) is 0.0333. The van der Waals surface area contributed by atoms with Crippen molar-refractivity contribution < 1.29 is 4.42 Å². The number of hydrogen-bond donors (Lipinski definition) is 0. The normalized spacial score (nSPS) is 11.6. The Kier molecular flexibility index (Phi) is 4.29. The Bertz CT molecular complexity index is 1850. The number of pyridine rings is 2. The summed E-state index contributed by atoms with van der Waals surface area (Å²) in [4.78, 5) is 14.6. The molecule has 7 aromatic rings. The molecule has 0 spiro atoms. The van der Waals surface area contributed by atoms with E-state index in [-0.39, 0.29) is 0 Å². The van der Waals surface area contributed by atoms with Gasteiger partial charge in [-0.1, -0.05) is 60.7 Å². The Morgan fingerprint density at radius 3 is 2.29 bits per heavy atom. The number of nitrogens with zero attached hydrogens (tertiary/aromatic N) is 4. The SMILES string of the molecule is Cc1ccc2c(n1)oc1c(-c3nc4nc(-c5ccccc5)ccc4n3-c3ccccc3)cccc12. The second-order valence-electron chi connectivity index (χ2n) is 8.60. The van der Waals surface area contributed by atoms with Crippen molar-refractivity contribution in [2.75, 3.05) is 0 Å². The van der Waals surface area contributed by atoms with Gasteiger partial charge in [0.1, 0.15) is 5.58 Å². The number of rotatable bonds is 3. The van der Waals surface area contributed by atoms with E-state index < -0.39 is 0 Å². The highest BCUT2D eigenvalue weighted by Crippen LogP contribution is 2.37. The Morgan fingerprint density at radius 1 is 0.657 bits per heavy atom. The lowest BCUT2D eigenvalue weighted by Crippen LogP contribution is -1.97. The molecule has 0 bridgehead atoms. The quantitative estimate of drug-likeness (QED) is 0.281. The Hall–Kier alpha value is -4.77. The summed E-state index contributed by atoms with van der Waals surface area (Å²) >= 11 is 0. The zero-order valence-corrected chi connectivity index (χ0v) is 19.0. The number of benzene rings is 3.